The lowest BCUT2D eigenvalue weighted by Crippen LogP contribution is -2.43. The van der Waals surface area contributed by atoms with Crippen molar-refractivity contribution in [3.8, 4) is 0 Å². The van der Waals surface area contributed by atoms with E-state index < -0.39 is 0 Å². The second kappa shape index (κ2) is 8.11. The van der Waals surface area contributed by atoms with E-state index >= 15 is 0 Å². The number of ether oxygens (including phenoxy) is 2. The normalized spacial score (nSPS) is 16.8. The maximum atomic E-state index is 11.8. The zero-order valence-corrected chi connectivity index (χ0v) is 13.5. The summed E-state index contributed by atoms with van der Waals surface area (Å²) in [5, 5.41) is 0. The number of carbonyl (C=O) groups excluding carboxylic acids is 1. The summed E-state index contributed by atoms with van der Waals surface area (Å²) in [6.45, 7) is 9.05. The molecule has 2 rings (SSSR count). The lowest BCUT2D eigenvalue weighted by Gasteiger charge is -2.34. The van der Waals surface area contributed by atoms with Gasteiger partial charge in [-0.25, -0.2) is 4.79 Å². The van der Waals surface area contributed by atoms with Crippen LogP contribution in [0, 0.1) is 5.41 Å². The summed E-state index contributed by atoms with van der Waals surface area (Å²) in [7, 11) is 0. The van der Waals surface area contributed by atoms with Crippen LogP contribution in [0.3, 0.4) is 0 Å². The predicted molar refractivity (Wildman–Crippen MR) is 87.5 cm³/mol. The molecule has 1 aliphatic heterocycles. The fraction of sp³-hybridized carbons (Fsp3) is 0.500. The van der Waals surface area contributed by atoms with Gasteiger partial charge in [-0.2, -0.15) is 0 Å². The Kier molecular flexibility index (Phi) is 6.16. The van der Waals surface area contributed by atoms with Gasteiger partial charge >= 0.3 is 5.97 Å². The predicted octanol–water partition coefficient (Wildman–Crippen LogP) is 2.60. The molecule has 1 aliphatic rings. The Morgan fingerprint density at radius 3 is 2.64 bits per heavy atom. The summed E-state index contributed by atoms with van der Waals surface area (Å²) in [5.41, 5.74) is 0.931. The van der Waals surface area contributed by atoms with Crippen molar-refractivity contribution >= 4 is 12.0 Å². The van der Waals surface area contributed by atoms with Crippen molar-refractivity contribution in [2.75, 3.05) is 39.5 Å². The van der Waals surface area contributed by atoms with Gasteiger partial charge < -0.3 is 9.47 Å². The van der Waals surface area contributed by atoms with Gasteiger partial charge in [0.15, 0.2) is 0 Å². The number of carbonyl (C=O) groups is 1. The lowest BCUT2D eigenvalue weighted by atomic mass is 9.94. The fourth-order valence-electron chi connectivity index (χ4n) is 2.45. The third-order valence-electron chi connectivity index (χ3n) is 3.57. The van der Waals surface area contributed by atoms with E-state index in [0.29, 0.717) is 6.61 Å². The molecule has 1 aromatic carbocycles. The number of hydrogen-bond donors (Lipinski definition) is 0. The Morgan fingerprint density at radius 1 is 1.27 bits per heavy atom. The topological polar surface area (TPSA) is 38.8 Å². The minimum Gasteiger partial charge on any atom is -0.462 e. The van der Waals surface area contributed by atoms with Gasteiger partial charge in [-0.3, -0.25) is 4.90 Å². The van der Waals surface area contributed by atoms with Crippen molar-refractivity contribution in [2.24, 2.45) is 5.41 Å². The molecule has 1 fully saturated rings. The molecule has 22 heavy (non-hydrogen) atoms. The molecule has 0 spiro atoms. The van der Waals surface area contributed by atoms with Crippen LogP contribution in [0.4, 0.5) is 0 Å². The van der Waals surface area contributed by atoms with Gasteiger partial charge in [-0.15, -0.1) is 0 Å². The van der Waals surface area contributed by atoms with E-state index in [1.807, 2.05) is 30.3 Å². The molecule has 0 atom stereocenters. The second-order valence-corrected chi connectivity index (χ2v) is 6.40. The van der Waals surface area contributed by atoms with E-state index in [-0.39, 0.29) is 11.4 Å². The van der Waals surface area contributed by atoms with Gasteiger partial charge in [0, 0.05) is 31.1 Å². The molecule has 0 saturated carbocycles. The molecular formula is C18H25NO3. The zero-order valence-electron chi connectivity index (χ0n) is 13.5. The summed E-state index contributed by atoms with van der Waals surface area (Å²) >= 11 is 0. The Labute approximate surface area is 132 Å². The number of hydrogen-bond acceptors (Lipinski definition) is 4. The quantitative estimate of drug-likeness (QED) is 0.598. The molecule has 0 unspecified atom stereocenters. The minimum atomic E-state index is -0.293. The molecule has 0 bridgehead atoms. The highest BCUT2D eigenvalue weighted by Gasteiger charge is 2.24. The van der Waals surface area contributed by atoms with Gasteiger partial charge in [0.25, 0.3) is 0 Å². The van der Waals surface area contributed by atoms with Gasteiger partial charge in [0.1, 0.15) is 0 Å². The summed E-state index contributed by atoms with van der Waals surface area (Å²) < 4.78 is 10.7. The first kappa shape index (κ1) is 16.7. The van der Waals surface area contributed by atoms with Crippen LogP contribution in [-0.2, 0) is 14.3 Å². The molecule has 1 heterocycles. The van der Waals surface area contributed by atoms with Crippen LogP contribution in [0.25, 0.3) is 6.08 Å². The summed E-state index contributed by atoms with van der Waals surface area (Å²) in [5.74, 6) is -0.293. The van der Waals surface area contributed by atoms with Gasteiger partial charge in [-0.05, 0) is 11.6 Å². The molecule has 0 aromatic heterocycles. The first-order valence-electron chi connectivity index (χ1n) is 7.75. The molecule has 120 valence electrons. The number of nitrogens with zero attached hydrogens (tertiary/aromatic N) is 1. The van der Waals surface area contributed by atoms with E-state index in [9.17, 15) is 4.79 Å². The first-order valence-corrected chi connectivity index (χ1v) is 7.75. The van der Waals surface area contributed by atoms with E-state index in [1.165, 1.54) is 6.08 Å². The number of esters is 1. The van der Waals surface area contributed by atoms with E-state index in [1.54, 1.807) is 6.08 Å². The van der Waals surface area contributed by atoms with Gasteiger partial charge in [-0.1, -0.05) is 44.2 Å². The molecule has 1 aromatic rings. The van der Waals surface area contributed by atoms with Crippen LogP contribution in [-0.4, -0.2) is 50.3 Å². The van der Waals surface area contributed by atoms with Crippen LogP contribution < -0.4 is 0 Å². The van der Waals surface area contributed by atoms with Crippen LogP contribution in [0.2, 0.25) is 0 Å². The summed E-state index contributed by atoms with van der Waals surface area (Å²) in [6.07, 6.45) is 3.26. The van der Waals surface area contributed by atoms with Crippen molar-refractivity contribution < 1.29 is 14.3 Å². The fourth-order valence-corrected chi connectivity index (χ4v) is 2.45. The largest absolute Gasteiger partial charge is 0.462 e. The Balaban J connectivity index is 1.75. The van der Waals surface area contributed by atoms with Crippen LogP contribution in [0.5, 0.6) is 0 Å². The van der Waals surface area contributed by atoms with Crippen molar-refractivity contribution in [3.63, 3.8) is 0 Å². The first-order chi connectivity index (χ1) is 10.6. The Hall–Kier alpha value is -1.65. The van der Waals surface area contributed by atoms with Gasteiger partial charge in [0.05, 0.1) is 19.8 Å². The average Bonchev–Trinajstić information content (AvgIpc) is 2.53. The summed E-state index contributed by atoms with van der Waals surface area (Å²) in [6, 6.07) is 9.73. The standard InChI is InChI=1S/C18H25NO3/c1-18(2,14-19-10-12-21-13-11-19)15-22-17(20)9-8-16-6-4-3-5-7-16/h3-9H,10-15H2,1-2H3/b9-8+. The molecular weight excluding hydrogens is 278 g/mol. The Morgan fingerprint density at radius 2 is 1.95 bits per heavy atom. The highest BCUT2D eigenvalue weighted by atomic mass is 16.5. The Bertz CT molecular complexity index is 490. The minimum absolute atomic E-state index is 0.0619. The maximum absolute atomic E-state index is 11.8. The monoisotopic (exact) mass is 303 g/mol. The van der Waals surface area contributed by atoms with E-state index in [0.717, 1.165) is 38.4 Å². The molecule has 0 N–H and O–H groups in total. The molecule has 0 amide bonds. The molecule has 0 aliphatic carbocycles. The van der Waals surface area contributed by atoms with Crippen molar-refractivity contribution in [2.45, 2.75) is 13.8 Å². The lowest BCUT2D eigenvalue weighted by molar-refractivity contribution is -0.141. The summed E-state index contributed by atoms with van der Waals surface area (Å²) in [4.78, 5) is 14.2. The van der Waals surface area contributed by atoms with Crippen LogP contribution >= 0.6 is 0 Å². The van der Waals surface area contributed by atoms with Crippen LogP contribution in [0.15, 0.2) is 36.4 Å². The number of rotatable bonds is 6. The number of morpholine rings is 1. The van der Waals surface area contributed by atoms with Crippen molar-refractivity contribution in [3.05, 3.63) is 42.0 Å². The SMILES string of the molecule is CC(C)(COC(=O)/C=C/c1ccccc1)CN1CCOCC1. The molecule has 1 saturated heterocycles. The second-order valence-electron chi connectivity index (χ2n) is 6.40. The molecule has 0 radical (unpaired) electrons. The van der Waals surface area contributed by atoms with E-state index in [4.69, 9.17) is 9.47 Å². The smallest absolute Gasteiger partial charge is 0.330 e. The van der Waals surface area contributed by atoms with E-state index in [2.05, 4.69) is 18.7 Å². The molecule has 4 nitrogen and oxygen atoms in total. The van der Waals surface area contributed by atoms with Crippen LogP contribution in [0.1, 0.15) is 19.4 Å². The van der Waals surface area contributed by atoms with Crippen molar-refractivity contribution in [1.82, 2.24) is 4.90 Å². The third-order valence-corrected chi connectivity index (χ3v) is 3.57. The number of benzene rings is 1. The average molecular weight is 303 g/mol. The van der Waals surface area contributed by atoms with Crippen molar-refractivity contribution in [1.29, 1.82) is 0 Å². The van der Waals surface area contributed by atoms with Gasteiger partial charge in [0.2, 0.25) is 0 Å². The zero-order chi connectivity index (χ0) is 15.8. The molecule has 4 heteroatoms. The maximum Gasteiger partial charge on any atom is 0.330 e. The highest BCUT2D eigenvalue weighted by Crippen LogP contribution is 2.18. The highest BCUT2D eigenvalue weighted by molar-refractivity contribution is 5.87. The third kappa shape index (κ3) is 6.00.